The summed E-state index contributed by atoms with van der Waals surface area (Å²) in [4.78, 5) is 0. The Morgan fingerprint density at radius 3 is 2.79 bits per heavy atom. The number of nitrogens with zero attached hydrogens (tertiary/aromatic N) is 1. The molecule has 0 aromatic carbocycles. The maximum Gasteiger partial charge on any atom is 0.127 e. The maximum atomic E-state index is 5.84. The Hall–Kier alpha value is -0.830. The van der Waals surface area contributed by atoms with Crippen LogP contribution in [0.3, 0.4) is 0 Å². The van der Waals surface area contributed by atoms with Crippen molar-refractivity contribution in [2.24, 2.45) is 5.73 Å². The summed E-state index contributed by atoms with van der Waals surface area (Å²) in [6, 6.07) is -0.00863. The first-order valence-electron chi connectivity index (χ1n) is 5.49. The first-order valence-corrected chi connectivity index (χ1v) is 5.49. The summed E-state index contributed by atoms with van der Waals surface area (Å²) >= 11 is 0. The van der Waals surface area contributed by atoms with Gasteiger partial charge < -0.3 is 10.3 Å². The molecule has 0 amide bonds. The molecule has 1 heterocycles. The predicted octanol–water partition coefficient (Wildman–Crippen LogP) is 2.74. The number of hydrogen-bond donors (Lipinski definition) is 1. The van der Waals surface area contributed by atoms with E-state index >= 15 is 0 Å². The van der Waals surface area contributed by atoms with Gasteiger partial charge in [-0.1, -0.05) is 24.4 Å². The third-order valence-electron chi connectivity index (χ3n) is 3.10. The summed E-state index contributed by atoms with van der Waals surface area (Å²) in [6.45, 7) is 1.96. The minimum atomic E-state index is -0.00863. The molecule has 1 unspecified atom stereocenters. The SMILES string of the molecule is CC(N)c1nocc1C1CCCCC1. The van der Waals surface area contributed by atoms with Crippen molar-refractivity contribution in [3.63, 3.8) is 0 Å². The molecule has 0 aliphatic heterocycles. The van der Waals surface area contributed by atoms with Gasteiger partial charge in [0.05, 0.1) is 0 Å². The summed E-state index contributed by atoms with van der Waals surface area (Å²) in [5.41, 5.74) is 8.05. The van der Waals surface area contributed by atoms with Gasteiger partial charge in [-0.2, -0.15) is 0 Å². The second-order valence-electron chi connectivity index (χ2n) is 4.28. The molecule has 0 radical (unpaired) electrons. The smallest absolute Gasteiger partial charge is 0.127 e. The van der Waals surface area contributed by atoms with E-state index in [2.05, 4.69) is 5.16 Å². The third-order valence-corrected chi connectivity index (χ3v) is 3.10. The Bertz CT molecular complexity index is 287. The monoisotopic (exact) mass is 194 g/mol. The number of hydrogen-bond acceptors (Lipinski definition) is 3. The molecule has 1 aliphatic rings. The molecule has 0 saturated heterocycles. The van der Waals surface area contributed by atoms with E-state index in [1.165, 1.54) is 37.7 Å². The summed E-state index contributed by atoms with van der Waals surface area (Å²) in [6.07, 6.45) is 8.34. The van der Waals surface area contributed by atoms with Crippen LogP contribution in [-0.4, -0.2) is 5.16 Å². The van der Waals surface area contributed by atoms with Gasteiger partial charge in [0, 0.05) is 11.6 Å². The highest BCUT2D eigenvalue weighted by molar-refractivity contribution is 5.22. The van der Waals surface area contributed by atoms with Crippen LogP contribution in [0.5, 0.6) is 0 Å². The average Bonchev–Trinajstić information content (AvgIpc) is 2.67. The van der Waals surface area contributed by atoms with Crippen LogP contribution in [0.1, 0.15) is 62.2 Å². The van der Waals surface area contributed by atoms with Crippen LogP contribution in [0.25, 0.3) is 0 Å². The zero-order valence-electron chi connectivity index (χ0n) is 8.70. The second-order valence-corrected chi connectivity index (χ2v) is 4.28. The summed E-state index contributed by atoms with van der Waals surface area (Å²) in [5.74, 6) is 0.635. The highest BCUT2D eigenvalue weighted by Crippen LogP contribution is 2.35. The van der Waals surface area contributed by atoms with Crippen molar-refractivity contribution in [3.05, 3.63) is 17.5 Å². The van der Waals surface area contributed by atoms with Crippen LogP contribution in [0, 0.1) is 0 Å². The van der Waals surface area contributed by atoms with Crippen LogP contribution in [0.4, 0.5) is 0 Å². The van der Waals surface area contributed by atoms with Gasteiger partial charge >= 0.3 is 0 Å². The molecule has 2 rings (SSSR count). The minimum Gasteiger partial charge on any atom is -0.364 e. The van der Waals surface area contributed by atoms with E-state index in [-0.39, 0.29) is 6.04 Å². The summed E-state index contributed by atoms with van der Waals surface area (Å²) in [5, 5.41) is 3.99. The van der Waals surface area contributed by atoms with Crippen LogP contribution in [-0.2, 0) is 0 Å². The van der Waals surface area contributed by atoms with Crippen LogP contribution < -0.4 is 5.73 Å². The molecule has 1 aliphatic carbocycles. The zero-order chi connectivity index (χ0) is 9.97. The fraction of sp³-hybridized carbons (Fsp3) is 0.727. The Labute approximate surface area is 84.7 Å². The molecule has 14 heavy (non-hydrogen) atoms. The van der Waals surface area contributed by atoms with E-state index in [4.69, 9.17) is 10.3 Å². The first kappa shape index (κ1) is 9.71. The molecular weight excluding hydrogens is 176 g/mol. The second kappa shape index (κ2) is 4.13. The van der Waals surface area contributed by atoms with Crippen LogP contribution in [0.2, 0.25) is 0 Å². The number of aromatic nitrogens is 1. The Kier molecular flexibility index (Phi) is 2.87. The topological polar surface area (TPSA) is 52.0 Å². The third kappa shape index (κ3) is 1.82. The van der Waals surface area contributed by atoms with E-state index in [1.54, 1.807) is 6.26 Å². The number of nitrogens with two attached hydrogens (primary N) is 1. The quantitative estimate of drug-likeness (QED) is 0.787. The highest BCUT2D eigenvalue weighted by atomic mass is 16.5. The Morgan fingerprint density at radius 1 is 1.43 bits per heavy atom. The normalized spacial score (nSPS) is 21.0. The van der Waals surface area contributed by atoms with Gasteiger partial charge in [-0.3, -0.25) is 0 Å². The molecule has 1 aromatic rings. The lowest BCUT2D eigenvalue weighted by Crippen LogP contribution is -2.12. The molecule has 1 atom stereocenters. The lowest BCUT2D eigenvalue weighted by Gasteiger charge is -2.21. The van der Waals surface area contributed by atoms with Gasteiger partial charge in [-0.25, -0.2) is 0 Å². The molecule has 3 heteroatoms. The zero-order valence-corrected chi connectivity index (χ0v) is 8.70. The summed E-state index contributed by atoms with van der Waals surface area (Å²) in [7, 11) is 0. The number of rotatable bonds is 2. The molecule has 78 valence electrons. The van der Waals surface area contributed by atoms with E-state index in [0.717, 1.165) is 5.69 Å². The molecule has 2 N–H and O–H groups in total. The first-order chi connectivity index (χ1) is 6.79. The molecular formula is C11H18N2O. The minimum absolute atomic E-state index is 0.00863. The van der Waals surface area contributed by atoms with Crippen molar-refractivity contribution in [2.45, 2.75) is 51.0 Å². The lowest BCUT2D eigenvalue weighted by atomic mass is 9.83. The molecule has 3 nitrogen and oxygen atoms in total. The Balaban J connectivity index is 2.17. The Morgan fingerprint density at radius 2 is 2.14 bits per heavy atom. The van der Waals surface area contributed by atoms with Crippen LogP contribution in [0.15, 0.2) is 10.8 Å². The fourth-order valence-corrected chi connectivity index (χ4v) is 2.32. The standard InChI is InChI=1S/C11H18N2O/c1-8(12)11-10(7-14-13-11)9-5-3-2-4-6-9/h7-9H,2-6,12H2,1H3. The van der Waals surface area contributed by atoms with Gasteiger partial charge in [-0.05, 0) is 25.7 Å². The van der Waals surface area contributed by atoms with E-state index in [0.29, 0.717) is 5.92 Å². The van der Waals surface area contributed by atoms with Crippen molar-refractivity contribution >= 4 is 0 Å². The van der Waals surface area contributed by atoms with E-state index < -0.39 is 0 Å². The highest BCUT2D eigenvalue weighted by Gasteiger charge is 2.22. The van der Waals surface area contributed by atoms with Crippen molar-refractivity contribution in [1.82, 2.24) is 5.16 Å². The average molecular weight is 194 g/mol. The fourth-order valence-electron chi connectivity index (χ4n) is 2.32. The van der Waals surface area contributed by atoms with Gasteiger partial charge in [0.15, 0.2) is 0 Å². The molecule has 1 saturated carbocycles. The van der Waals surface area contributed by atoms with Crippen molar-refractivity contribution in [3.8, 4) is 0 Å². The largest absolute Gasteiger partial charge is 0.364 e. The van der Waals surface area contributed by atoms with Crippen LogP contribution >= 0.6 is 0 Å². The van der Waals surface area contributed by atoms with E-state index in [9.17, 15) is 0 Å². The summed E-state index contributed by atoms with van der Waals surface area (Å²) < 4.78 is 5.03. The van der Waals surface area contributed by atoms with Gasteiger partial charge in [-0.15, -0.1) is 0 Å². The van der Waals surface area contributed by atoms with Gasteiger partial charge in [0.1, 0.15) is 12.0 Å². The molecule has 1 fully saturated rings. The van der Waals surface area contributed by atoms with Crippen molar-refractivity contribution < 1.29 is 4.52 Å². The predicted molar refractivity (Wildman–Crippen MR) is 54.9 cm³/mol. The maximum absolute atomic E-state index is 5.84. The van der Waals surface area contributed by atoms with Gasteiger partial charge in [0.25, 0.3) is 0 Å². The van der Waals surface area contributed by atoms with E-state index in [1.807, 2.05) is 6.92 Å². The van der Waals surface area contributed by atoms with Crippen molar-refractivity contribution in [1.29, 1.82) is 0 Å². The molecule has 1 aromatic heterocycles. The van der Waals surface area contributed by atoms with Crippen molar-refractivity contribution in [2.75, 3.05) is 0 Å². The molecule has 0 bridgehead atoms. The van der Waals surface area contributed by atoms with Gasteiger partial charge in [0.2, 0.25) is 0 Å². The molecule has 0 spiro atoms. The lowest BCUT2D eigenvalue weighted by molar-refractivity contribution is 0.404.